The number of fused-ring (bicyclic) bond motifs is 2. The van der Waals surface area contributed by atoms with Crippen LogP contribution in [-0.4, -0.2) is 126 Å². The van der Waals surface area contributed by atoms with E-state index in [0.29, 0.717) is 60.9 Å². The van der Waals surface area contributed by atoms with Gasteiger partial charge in [-0.05, 0) is 103 Å². The Labute approximate surface area is 451 Å². The van der Waals surface area contributed by atoms with E-state index in [2.05, 4.69) is 16.7 Å². The van der Waals surface area contributed by atoms with Crippen LogP contribution in [0.3, 0.4) is 0 Å². The molecule has 4 aliphatic heterocycles. The fourth-order valence-electron chi connectivity index (χ4n) is 12.2. The number of likely N-dealkylation sites (tertiary alicyclic amines) is 3. The Morgan fingerprint density at radius 3 is 2.32 bits per heavy atom. The number of imidazole rings is 1. The van der Waals surface area contributed by atoms with Crippen LogP contribution in [0.2, 0.25) is 0 Å². The second-order valence-electron chi connectivity index (χ2n) is 22.5. The fraction of sp³-hybridized carbons (Fsp3) is 0.491. The summed E-state index contributed by atoms with van der Waals surface area (Å²) in [7, 11) is -4.22. The maximum Gasteiger partial charge on any atom is 0.399 e. The number of halogens is 2. The Balaban J connectivity index is 0.847. The third kappa shape index (κ3) is 9.97. The standard InChI is InChI=1S/C55H61F2N8O11PS/c1-53(2,3)47(60-49(69)43-27-34-26-35(11-14-42(34)78-43)55(56,57)77(73,74)75)51(71)63-23-18-41(46(63)50(70)64-29-36(33-8-6-5-7-9-33)37(28-58)54(64)19-20-54)76-30-45(67)62-21-16-31(17-22-62)24-32-10-12-38-40(25-32)61(4)52(72)65(38)39-13-15-44(66)59-48(39)68/h5-12,14,25-27,31,36-37,39,41,46-47H,13,15-24,29-30H2,1-4H3,(H,60,69)(H,59,66,68)(H2,73,74,75)/t36?,37?,39?,41-,46+,47-/m1/s1. The molecule has 6 atom stereocenters. The number of aryl methyl sites for hydroxylation is 1. The van der Waals surface area contributed by atoms with Crippen molar-refractivity contribution >= 4 is 75.5 Å². The largest absolute Gasteiger partial charge is 0.399 e. The predicted octanol–water partition coefficient (Wildman–Crippen LogP) is 5.67. The highest BCUT2D eigenvalue weighted by Gasteiger charge is 2.65. The SMILES string of the molecule is Cn1c(=O)n(C2CCC(=O)NC2=O)c2ccc(CC3CCN(C(=O)CO[C@@H]4CCN(C(=O)[C@@H](NC(=O)c5cc6cc(C(F)(F)P(=O)(O)O)ccc6s5)C(C)(C)C)[C@@H]4C(=O)N4CC(c5ccccc5)C(C#N)C45CC5)CC3)cc21. The Bertz CT molecular complexity index is 3410. The maximum absolute atomic E-state index is 15.4. The van der Waals surface area contributed by atoms with Crippen LogP contribution in [0.15, 0.2) is 77.6 Å². The van der Waals surface area contributed by atoms with Gasteiger partial charge in [-0.3, -0.25) is 47.8 Å². The zero-order valence-corrected chi connectivity index (χ0v) is 45.2. The molecule has 5 aliphatic rings. The minimum atomic E-state index is -5.87. The van der Waals surface area contributed by atoms with Gasteiger partial charge >= 0.3 is 18.9 Å². The molecule has 0 radical (unpaired) electrons. The molecule has 4 N–H and O–H groups in total. The lowest BCUT2D eigenvalue weighted by Crippen LogP contribution is -2.60. The van der Waals surface area contributed by atoms with Crippen LogP contribution in [0, 0.1) is 28.6 Å². The summed E-state index contributed by atoms with van der Waals surface area (Å²) in [5.41, 5.74) is -4.31. The number of carbonyl (C=O) groups is 6. The normalized spacial score (nSPS) is 23.2. The lowest BCUT2D eigenvalue weighted by Gasteiger charge is -2.38. The molecule has 2 aromatic heterocycles. The molecule has 4 saturated heterocycles. The topological polar surface area (TPSA) is 254 Å². The number of hydrogen-bond acceptors (Lipinski definition) is 11. The average Bonchev–Trinajstić information content (AvgIpc) is 3.91. The van der Waals surface area contributed by atoms with Crippen molar-refractivity contribution in [2.75, 3.05) is 32.8 Å². The summed E-state index contributed by atoms with van der Waals surface area (Å²) in [5, 5.41) is 15.9. The number of carbonyl (C=O) groups excluding carboxylic acids is 6. The molecule has 10 rings (SSSR count). The van der Waals surface area contributed by atoms with Gasteiger partial charge in [-0.15, -0.1) is 11.3 Å². The molecule has 23 heteroatoms. The van der Waals surface area contributed by atoms with Gasteiger partial charge in [0.25, 0.3) is 5.91 Å². The van der Waals surface area contributed by atoms with Gasteiger partial charge in [-0.2, -0.15) is 14.0 Å². The van der Waals surface area contributed by atoms with E-state index in [1.54, 1.807) is 37.6 Å². The Hall–Kier alpha value is -6.63. The van der Waals surface area contributed by atoms with E-state index in [0.717, 1.165) is 34.6 Å². The molecule has 19 nitrogen and oxygen atoms in total. The van der Waals surface area contributed by atoms with E-state index in [1.165, 1.54) is 26.2 Å². The second kappa shape index (κ2) is 20.5. The number of nitrogens with zero attached hydrogens (tertiary/aromatic N) is 6. The first kappa shape index (κ1) is 54.7. The van der Waals surface area contributed by atoms with Gasteiger partial charge in [0.2, 0.25) is 29.5 Å². The third-order valence-electron chi connectivity index (χ3n) is 16.6. The lowest BCUT2D eigenvalue weighted by atomic mass is 9.85. The number of ether oxygens (including phenoxy) is 1. The lowest BCUT2D eigenvalue weighted by molar-refractivity contribution is -0.153. The summed E-state index contributed by atoms with van der Waals surface area (Å²) < 4.78 is 50.7. The Morgan fingerprint density at radius 2 is 1.67 bits per heavy atom. The van der Waals surface area contributed by atoms with Crippen LogP contribution in [0.4, 0.5) is 8.78 Å². The highest BCUT2D eigenvalue weighted by atomic mass is 32.1. The van der Waals surface area contributed by atoms with Crippen molar-refractivity contribution in [1.82, 2.24) is 34.5 Å². The van der Waals surface area contributed by atoms with Gasteiger partial charge in [0.05, 0.1) is 39.5 Å². The molecule has 1 spiro atoms. The molecule has 5 aromatic rings. The summed E-state index contributed by atoms with van der Waals surface area (Å²) in [4.78, 5) is 120. The van der Waals surface area contributed by atoms with Gasteiger partial charge in [0.1, 0.15) is 24.7 Å². The quantitative estimate of drug-likeness (QED) is 0.0822. The molecular formula is C55H61F2N8O11PS. The van der Waals surface area contributed by atoms with Gasteiger partial charge < -0.3 is 34.5 Å². The number of hydrogen-bond donors (Lipinski definition) is 4. The maximum atomic E-state index is 15.4. The van der Waals surface area contributed by atoms with E-state index in [9.17, 15) is 52.4 Å². The van der Waals surface area contributed by atoms with Gasteiger partial charge in [-0.25, -0.2) is 4.79 Å². The van der Waals surface area contributed by atoms with Gasteiger partial charge in [-0.1, -0.05) is 63.2 Å². The molecule has 3 unspecified atom stereocenters. The smallest absolute Gasteiger partial charge is 0.366 e. The number of alkyl halides is 2. The van der Waals surface area contributed by atoms with Crippen LogP contribution in [-0.2, 0) is 52.4 Å². The minimum Gasteiger partial charge on any atom is -0.366 e. The molecule has 0 bridgehead atoms. The van der Waals surface area contributed by atoms with Crippen LogP contribution >= 0.6 is 18.9 Å². The number of nitrogens with one attached hydrogen (secondary N) is 2. The van der Waals surface area contributed by atoms with Crippen molar-refractivity contribution in [2.45, 2.75) is 113 Å². The minimum absolute atomic E-state index is 0.0353. The monoisotopic (exact) mass is 1110 g/mol. The van der Waals surface area contributed by atoms with Gasteiger partial charge in [0.15, 0.2) is 0 Å². The summed E-state index contributed by atoms with van der Waals surface area (Å²) in [6.45, 7) is 5.99. The highest BCUT2D eigenvalue weighted by Crippen LogP contribution is 2.60. The molecule has 412 valence electrons. The molecule has 1 aliphatic carbocycles. The van der Waals surface area contributed by atoms with Crippen molar-refractivity contribution in [2.24, 2.45) is 24.3 Å². The molecule has 6 amide bonds. The van der Waals surface area contributed by atoms with E-state index < -0.39 is 83.6 Å². The Morgan fingerprint density at radius 1 is 0.949 bits per heavy atom. The number of amides is 6. The number of aromatic nitrogens is 2. The zero-order valence-electron chi connectivity index (χ0n) is 43.5. The average molecular weight is 1110 g/mol. The van der Waals surface area contributed by atoms with Crippen LogP contribution < -0.4 is 16.3 Å². The molecule has 3 aromatic carbocycles. The van der Waals surface area contributed by atoms with E-state index in [4.69, 9.17) is 4.74 Å². The van der Waals surface area contributed by atoms with Crippen molar-refractivity contribution in [3.63, 3.8) is 0 Å². The van der Waals surface area contributed by atoms with Crippen LogP contribution in [0.5, 0.6) is 0 Å². The third-order valence-corrected chi connectivity index (χ3v) is 18.7. The summed E-state index contributed by atoms with van der Waals surface area (Å²) in [5.74, 6) is -3.51. The Kier molecular flexibility index (Phi) is 14.4. The molecule has 1 saturated carbocycles. The van der Waals surface area contributed by atoms with Crippen LogP contribution in [0.1, 0.15) is 104 Å². The first-order chi connectivity index (χ1) is 36.9. The zero-order chi connectivity index (χ0) is 55.8. The van der Waals surface area contributed by atoms with Crippen molar-refractivity contribution < 1.29 is 56.6 Å². The number of benzene rings is 3. The fourth-order valence-corrected chi connectivity index (χ4v) is 13.6. The molecule has 6 heterocycles. The van der Waals surface area contributed by atoms with Crippen LogP contribution in [0.25, 0.3) is 21.1 Å². The second-order valence-corrected chi connectivity index (χ2v) is 25.3. The van der Waals surface area contributed by atoms with Crippen molar-refractivity contribution in [3.8, 4) is 6.07 Å². The first-order valence-corrected chi connectivity index (χ1v) is 28.6. The number of rotatable bonds is 13. The van der Waals surface area contributed by atoms with Crippen molar-refractivity contribution in [1.29, 1.82) is 5.26 Å². The van der Waals surface area contributed by atoms with E-state index in [-0.39, 0.29) is 78.6 Å². The number of thiophene rings is 1. The molecule has 5 fully saturated rings. The summed E-state index contributed by atoms with van der Waals surface area (Å²) >= 11 is 0.938. The number of nitriles is 1. The first-order valence-electron chi connectivity index (χ1n) is 26.2. The summed E-state index contributed by atoms with van der Waals surface area (Å²) in [6, 6.07) is 18.8. The van der Waals surface area contributed by atoms with Crippen molar-refractivity contribution in [3.05, 3.63) is 105 Å². The molecule has 78 heavy (non-hydrogen) atoms. The van der Waals surface area contributed by atoms with E-state index >= 15 is 9.59 Å². The number of imide groups is 1. The summed E-state index contributed by atoms with van der Waals surface area (Å²) in [6.07, 6.45) is 2.82. The highest BCUT2D eigenvalue weighted by molar-refractivity contribution is 7.52. The number of piperidine rings is 2. The predicted molar refractivity (Wildman–Crippen MR) is 282 cm³/mol. The van der Waals surface area contributed by atoms with E-state index in [1.807, 2.05) is 48.5 Å². The molecular weight excluding hydrogens is 1050 g/mol. The van der Waals surface area contributed by atoms with Gasteiger partial charge in [0, 0.05) is 55.8 Å².